The lowest BCUT2D eigenvalue weighted by atomic mass is 10.0. The minimum Gasteiger partial charge on any atom is -0.497 e. The molecule has 0 unspecified atom stereocenters. The monoisotopic (exact) mass is 401 g/mol. The molecule has 2 heterocycles. The quantitative estimate of drug-likeness (QED) is 0.404. The van der Waals surface area contributed by atoms with Crippen LogP contribution < -0.4 is 21.1 Å². The molecule has 0 saturated carbocycles. The van der Waals surface area contributed by atoms with Crippen LogP contribution in [0.5, 0.6) is 5.75 Å². The van der Waals surface area contributed by atoms with Gasteiger partial charge in [0.15, 0.2) is 0 Å². The Bertz CT molecular complexity index is 1230. The van der Waals surface area contributed by atoms with Gasteiger partial charge in [-0.1, -0.05) is 18.2 Å². The summed E-state index contributed by atoms with van der Waals surface area (Å²) in [6, 6.07) is 15.7. The fourth-order valence-electron chi connectivity index (χ4n) is 3.24. The van der Waals surface area contributed by atoms with Crippen molar-refractivity contribution in [3.05, 3.63) is 72.7 Å². The van der Waals surface area contributed by atoms with Crippen molar-refractivity contribution in [1.29, 1.82) is 0 Å². The van der Waals surface area contributed by atoms with Crippen molar-refractivity contribution in [2.45, 2.75) is 0 Å². The lowest BCUT2D eigenvalue weighted by molar-refractivity contribution is 0.0997. The highest BCUT2D eigenvalue weighted by Gasteiger charge is 2.17. The molecule has 0 aliphatic carbocycles. The van der Waals surface area contributed by atoms with E-state index in [1.54, 1.807) is 55.9 Å². The van der Waals surface area contributed by atoms with Gasteiger partial charge in [0.1, 0.15) is 11.4 Å². The van der Waals surface area contributed by atoms with Gasteiger partial charge in [0.2, 0.25) is 0 Å². The smallest absolute Gasteiger partial charge is 0.323 e. The standard InChI is InChI=1S/C22H19N5O3/c1-30-16-4-2-3-15(11-16)26-22(29)25-14-7-5-13(6-8-14)19-17-9-10-24-12-18(17)27-20(19)21(23)28/h2-12,27H,1H3,(H2,23,28)(H2,25,26,29). The second-order valence-corrected chi connectivity index (χ2v) is 6.55. The SMILES string of the molecule is COc1cccc(NC(=O)Nc2ccc(-c3c(C(N)=O)[nH]c4cnccc34)cc2)c1. The third kappa shape index (κ3) is 3.79. The van der Waals surface area contributed by atoms with Gasteiger partial charge in [0.05, 0.1) is 18.8 Å². The van der Waals surface area contributed by atoms with Gasteiger partial charge in [-0.15, -0.1) is 0 Å². The molecule has 0 spiro atoms. The fraction of sp³-hybridized carbons (Fsp3) is 0.0455. The van der Waals surface area contributed by atoms with Crippen molar-refractivity contribution in [3.8, 4) is 16.9 Å². The zero-order chi connectivity index (χ0) is 21.1. The molecule has 0 aliphatic heterocycles. The number of hydrogen-bond donors (Lipinski definition) is 4. The molecule has 2 aromatic heterocycles. The molecule has 0 aliphatic rings. The van der Waals surface area contributed by atoms with Crippen molar-refractivity contribution in [2.75, 3.05) is 17.7 Å². The first-order valence-corrected chi connectivity index (χ1v) is 9.13. The van der Waals surface area contributed by atoms with Crippen LogP contribution >= 0.6 is 0 Å². The molecule has 150 valence electrons. The highest BCUT2D eigenvalue weighted by atomic mass is 16.5. The number of carbonyl (C=O) groups excluding carboxylic acids is 2. The van der Waals surface area contributed by atoms with Crippen LogP contribution in [0, 0.1) is 0 Å². The van der Waals surface area contributed by atoms with E-state index in [0.717, 1.165) is 16.5 Å². The summed E-state index contributed by atoms with van der Waals surface area (Å²) < 4.78 is 5.15. The number of aromatic nitrogens is 2. The Balaban J connectivity index is 1.55. The Morgan fingerprint density at radius 2 is 1.80 bits per heavy atom. The number of carbonyl (C=O) groups is 2. The van der Waals surface area contributed by atoms with Crippen molar-refractivity contribution in [2.24, 2.45) is 5.73 Å². The molecule has 0 fully saturated rings. The lowest BCUT2D eigenvalue weighted by Crippen LogP contribution is -2.19. The maximum absolute atomic E-state index is 12.3. The van der Waals surface area contributed by atoms with Crippen LogP contribution in [-0.4, -0.2) is 29.0 Å². The Kier molecular flexibility index (Phi) is 5.04. The number of urea groups is 1. The molecule has 30 heavy (non-hydrogen) atoms. The Morgan fingerprint density at radius 3 is 2.53 bits per heavy atom. The van der Waals surface area contributed by atoms with Gasteiger partial charge in [0.25, 0.3) is 5.91 Å². The zero-order valence-electron chi connectivity index (χ0n) is 16.1. The van der Waals surface area contributed by atoms with Crippen LogP contribution in [0.1, 0.15) is 10.5 Å². The molecule has 2 aromatic carbocycles. The summed E-state index contributed by atoms with van der Waals surface area (Å²) in [5.41, 5.74) is 9.28. The molecular weight excluding hydrogens is 382 g/mol. The second kappa shape index (κ2) is 7.96. The van der Waals surface area contributed by atoms with Gasteiger partial charge >= 0.3 is 6.03 Å². The Hall–Kier alpha value is -4.33. The number of aromatic amines is 1. The number of nitrogens with one attached hydrogen (secondary N) is 3. The number of H-pyrrole nitrogens is 1. The van der Waals surface area contributed by atoms with Crippen molar-refractivity contribution < 1.29 is 14.3 Å². The van der Waals surface area contributed by atoms with E-state index in [-0.39, 0.29) is 6.03 Å². The number of fused-ring (bicyclic) bond motifs is 1. The molecule has 0 atom stereocenters. The first kappa shape index (κ1) is 19.0. The van der Waals surface area contributed by atoms with E-state index in [0.29, 0.717) is 28.4 Å². The topological polar surface area (TPSA) is 122 Å². The third-order valence-electron chi connectivity index (χ3n) is 4.61. The van der Waals surface area contributed by atoms with Gasteiger partial charge in [-0.05, 0) is 35.9 Å². The normalized spacial score (nSPS) is 10.6. The van der Waals surface area contributed by atoms with Crippen LogP contribution in [0.4, 0.5) is 16.2 Å². The Morgan fingerprint density at radius 1 is 1.03 bits per heavy atom. The summed E-state index contributed by atoms with van der Waals surface area (Å²) in [6.07, 6.45) is 3.30. The van der Waals surface area contributed by atoms with Crippen LogP contribution in [0.15, 0.2) is 67.0 Å². The molecule has 8 nitrogen and oxygen atoms in total. The summed E-state index contributed by atoms with van der Waals surface area (Å²) in [5.74, 6) is 0.0948. The molecule has 3 amide bonds. The maximum atomic E-state index is 12.3. The highest BCUT2D eigenvalue weighted by molar-refractivity contribution is 6.09. The second-order valence-electron chi connectivity index (χ2n) is 6.55. The van der Waals surface area contributed by atoms with E-state index in [2.05, 4.69) is 20.6 Å². The molecule has 8 heteroatoms. The van der Waals surface area contributed by atoms with E-state index >= 15 is 0 Å². The van der Waals surface area contributed by atoms with Gasteiger partial charge in [0, 0.05) is 34.6 Å². The predicted octanol–water partition coefficient (Wildman–Crippen LogP) is 3.98. The summed E-state index contributed by atoms with van der Waals surface area (Å²) in [4.78, 5) is 31.3. The number of hydrogen-bond acceptors (Lipinski definition) is 4. The van der Waals surface area contributed by atoms with Gasteiger partial charge < -0.3 is 26.1 Å². The molecule has 0 radical (unpaired) electrons. The summed E-state index contributed by atoms with van der Waals surface area (Å²) in [7, 11) is 1.56. The van der Waals surface area contributed by atoms with Crippen LogP contribution in [-0.2, 0) is 0 Å². The number of anilines is 2. The predicted molar refractivity (Wildman–Crippen MR) is 116 cm³/mol. The first-order valence-electron chi connectivity index (χ1n) is 9.13. The van der Waals surface area contributed by atoms with Gasteiger partial charge in [-0.25, -0.2) is 4.79 Å². The number of amides is 3. The van der Waals surface area contributed by atoms with Gasteiger partial charge in [-0.2, -0.15) is 0 Å². The minimum atomic E-state index is -0.555. The van der Waals surface area contributed by atoms with E-state index in [1.165, 1.54) is 0 Å². The molecular formula is C22H19N5O3. The number of primary amides is 1. The number of nitrogens with zero attached hydrogens (tertiary/aromatic N) is 1. The molecule has 0 bridgehead atoms. The van der Waals surface area contributed by atoms with E-state index in [1.807, 2.05) is 18.2 Å². The van der Waals surface area contributed by atoms with Crippen LogP contribution in [0.3, 0.4) is 0 Å². The average Bonchev–Trinajstić information content (AvgIpc) is 3.14. The van der Waals surface area contributed by atoms with Crippen molar-refractivity contribution >= 4 is 34.2 Å². The van der Waals surface area contributed by atoms with E-state index in [9.17, 15) is 9.59 Å². The first-order chi connectivity index (χ1) is 14.5. The lowest BCUT2D eigenvalue weighted by Gasteiger charge is -2.10. The number of benzene rings is 2. The fourth-order valence-corrected chi connectivity index (χ4v) is 3.24. The van der Waals surface area contributed by atoms with Crippen LogP contribution in [0.25, 0.3) is 22.0 Å². The molecule has 4 aromatic rings. The number of methoxy groups -OCH3 is 1. The third-order valence-corrected chi connectivity index (χ3v) is 4.61. The summed E-state index contributed by atoms with van der Waals surface area (Å²) in [5, 5.41) is 6.37. The number of pyridine rings is 1. The summed E-state index contributed by atoms with van der Waals surface area (Å²) in [6.45, 7) is 0. The van der Waals surface area contributed by atoms with Crippen molar-refractivity contribution in [1.82, 2.24) is 9.97 Å². The largest absolute Gasteiger partial charge is 0.497 e. The molecule has 4 rings (SSSR count). The summed E-state index contributed by atoms with van der Waals surface area (Å²) >= 11 is 0. The van der Waals surface area contributed by atoms with Crippen molar-refractivity contribution in [3.63, 3.8) is 0 Å². The van der Waals surface area contributed by atoms with Crippen LogP contribution in [0.2, 0.25) is 0 Å². The molecule has 0 saturated heterocycles. The minimum absolute atomic E-state index is 0.314. The Labute approximate surface area is 172 Å². The molecule has 5 N–H and O–H groups in total. The van der Waals surface area contributed by atoms with E-state index in [4.69, 9.17) is 10.5 Å². The number of nitrogens with two attached hydrogens (primary N) is 1. The maximum Gasteiger partial charge on any atom is 0.323 e. The highest BCUT2D eigenvalue weighted by Crippen LogP contribution is 2.32. The number of rotatable bonds is 5. The van der Waals surface area contributed by atoms with Gasteiger partial charge in [-0.3, -0.25) is 9.78 Å². The number of ether oxygens (including phenoxy) is 1. The average molecular weight is 401 g/mol. The van der Waals surface area contributed by atoms with E-state index < -0.39 is 5.91 Å². The zero-order valence-corrected chi connectivity index (χ0v) is 16.1.